The Morgan fingerprint density at radius 2 is 1.92 bits per heavy atom. The number of esters is 1. The monoisotopic (exact) mass is 354 g/mol. The Morgan fingerprint density at radius 1 is 1.21 bits per heavy atom. The molecule has 0 aliphatic rings. The molecular formula is C16H13ClF2N2O3. The van der Waals surface area contributed by atoms with Crippen molar-refractivity contribution in [2.45, 2.75) is 13.0 Å². The van der Waals surface area contributed by atoms with Crippen molar-refractivity contribution in [1.29, 1.82) is 0 Å². The van der Waals surface area contributed by atoms with Gasteiger partial charge in [0.2, 0.25) is 0 Å². The number of anilines is 2. The number of hydrogen-bond acceptors (Lipinski definition) is 4. The molecule has 0 unspecified atom stereocenters. The van der Waals surface area contributed by atoms with Crippen LogP contribution in [0.3, 0.4) is 0 Å². The van der Waals surface area contributed by atoms with E-state index in [2.05, 4.69) is 5.32 Å². The number of amides is 1. The van der Waals surface area contributed by atoms with E-state index in [0.717, 1.165) is 12.1 Å². The van der Waals surface area contributed by atoms with Crippen molar-refractivity contribution in [3.8, 4) is 0 Å². The summed E-state index contributed by atoms with van der Waals surface area (Å²) in [6.45, 7) is 1.31. The molecule has 1 amide bonds. The molecule has 8 heteroatoms. The van der Waals surface area contributed by atoms with Crippen molar-refractivity contribution in [3.63, 3.8) is 0 Å². The summed E-state index contributed by atoms with van der Waals surface area (Å²) in [6.07, 6.45) is -1.22. The fourth-order valence-corrected chi connectivity index (χ4v) is 2.00. The molecule has 0 bridgehead atoms. The van der Waals surface area contributed by atoms with E-state index in [0.29, 0.717) is 11.1 Å². The number of halogens is 3. The predicted molar refractivity (Wildman–Crippen MR) is 85.7 cm³/mol. The van der Waals surface area contributed by atoms with E-state index in [9.17, 15) is 18.4 Å². The number of rotatable bonds is 4. The lowest BCUT2D eigenvalue weighted by molar-refractivity contribution is -0.123. The Bertz CT molecular complexity index is 799. The fourth-order valence-electron chi connectivity index (χ4n) is 1.82. The summed E-state index contributed by atoms with van der Waals surface area (Å²) in [7, 11) is 0. The summed E-state index contributed by atoms with van der Waals surface area (Å²) in [5, 5.41) is 2.56. The van der Waals surface area contributed by atoms with Crippen molar-refractivity contribution in [2.24, 2.45) is 0 Å². The van der Waals surface area contributed by atoms with Crippen LogP contribution >= 0.6 is 11.6 Å². The van der Waals surface area contributed by atoms with Gasteiger partial charge in [0.1, 0.15) is 11.6 Å². The first-order valence-corrected chi connectivity index (χ1v) is 7.17. The van der Waals surface area contributed by atoms with Crippen LogP contribution in [0.1, 0.15) is 17.3 Å². The molecule has 0 heterocycles. The third kappa shape index (κ3) is 4.20. The highest BCUT2D eigenvalue weighted by Gasteiger charge is 2.21. The zero-order chi connectivity index (χ0) is 17.9. The SMILES string of the molecule is C[C@@H](OC(=O)c1ccc(Cl)cc1N)C(=O)Nc1ccc(F)cc1F. The first-order chi connectivity index (χ1) is 11.3. The molecule has 0 saturated carbocycles. The van der Waals surface area contributed by atoms with Crippen molar-refractivity contribution < 1.29 is 23.1 Å². The number of nitrogen functional groups attached to an aromatic ring is 1. The summed E-state index contributed by atoms with van der Waals surface area (Å²) < 4.78 is 31.3. The molecule has 0 fully saturated rings. The third-order valence-corrected chi connectivity index (χ3v) is 3.31. The normalized spacial score (nSPS) is 11.7. The van der Waals surface area contributed by atoms with E-state index in [1.54, 1.807) is 0 Å². The maximum absolute atomic E-state index is 13.5. The van der Waals surface area contributed by atoms with Crippen molar-refractivity contribution in [2.75, 3.05) is 11.1 Å². The van der Waals surface area contributed by atoms with E-state index in [4.69, 9.17) is 22.1 Å². The molecule has 126 valence electrons. The minimum Gasteiger partial charge on any atom is -0.449 e. The van der Waals surface area contributed by atoms with Gasteiger partial charge in [-0.1, -0.05) is 11.6 Å². The van der Waals surface area contributed by atoms with Crippen molar-refractivity contribution in [3.05, 3.63) is 58.6 Å². The lowest BCUT2D eigenvalue weighted by Gasteiger charge is -2.14. The zero-order valence-electron chi connectivity index (χ0n) is 12.5. The van der Waals surface area contributed by atoms with Gasteiger partial charge >= 0.3 is 5.97 Å². The molecule has 1 atom stereocenters. The number of nitrogens with one attached hydrogen (secondary N) is 1. The number of carbonyl (C=O) groups excluding carboxylic acids is 2. The molecule has 0 spiro atoms. The van der Waals surface area contributed by atoms with Gasteiger partial charge in [-0.15, -0.1) is 0 Å². The second kappa shape index (κ2) is 7.27. The molecule has 0 aliphatic carbocycles. The number of ether oxygens (including phenoxy) is 1. The van der Waals surface area contributed by atoms with Gasteiger partial charge in [0.05, 0.1) is 11.3 Å². The first-order valence-electron chi connectivity index (χ1n) is 6.80. The second-order valence-electron chi connectivity index (χ2n) is 4.89. The first kappa shape index (κ1) is 17.7. The van der Waals surface area contributed by atoms with Crippen LogP contribution in [0.4, 0.5) is 20.2 Å². The molecular weight excluding hydrogens is 342 g/mol. The van der Waals surface area contributed by atoms with E-state index < -0.39 is 29.6 Å². The highest BCUT2D eigenvalue weighted by atomic mass is 35.5. The number of carbonyl (C=O) groups is 2. The van der Waals surface area contributed by atoms with Gasteiger partial charge in [0.25, 0.3) is 5.91 Å². The van der Waals surface area contributed by atoms with Crippen LogP contribution in [-0.4, -0.2) is 18.0 Å². The van der Waals surface area contributed by atoms with Crippen LogP contribution in [0, 0.1) is 11.6 Å². The number of nitrogens with two attached hydrogens (primary N) is 1. The number of hydrogen-bond donors (Lipinski definition) is 2. The molecule has 24 heavy (non-hydrogen) atoms. The molecule has 2 rings (SSSR count). The Morgan fingerprint density at radius 3 is 2.54 bits per heavy atom. The highest BCUT2D eigenvalue weighted by molar-refractivity contribution is 6.31. The summed E-state index contributed by atoms with van der Waals surface area (Å²) in [4.78, 5) is 24.0. The predicted octanol–water partition coefficient (Wildman–Crippen LogP) is 3.38. The molecule has 0 saturated heterocycles. The molecule has 0 aliphatic heterocycles. The Kier molecular flexibility index (Phi) is 5.35. The van der Waals surface area contributed by atoms with Gasteiger partial charge in [-0.3, -0.25) is 4.79 Å². The summed E-state index contributed by atoms with van der Waals surface area (Å²) in [6, 6.07) is 6.87. The molecule has 2 aromatic rings. The van der Waals surface area contributed by atoms with Crippen molar-refractivity contribution in [1.82, 2.24) is 0 Å². The molecule has 0 radical (unpaired) electrons. The summed E-state index contributed by atoms with van der Waals surface area (Å²) in [5.74, 6) is -3.32. The van der Waals surface area contributed by atoms with E-state index in [1.807, 2.05) is 0 Å². The van der Waals surface area contributed by atoms with Gasteiger partial charge in [-0.2, -0.15) is 0 Å². The van der Waals surface area contributed by atoms with Crippen LogP contribution < -0.4 is 11.1 Å². The van der Waals surface area contributed by atoms with E-state index in [-0.39, 0.29) is 16.9 Å². The molecule has 0 aromatic heterocycles. The molecule has 5 nitrogen and oxygen atoms in total. The van der Waals surface area contributed by atoms with Gasteiger partial charge in [-0.25, -0.2) is 13.6 Å². The van der Waals surface area contributed by atoms with Crippen molar-refractivity contribution >= 4 is 34.9 Å². The second-order valence-corrected chi connectivity index (χ2v) is 5.33. The van der Waals surface area contributed by atoms with Crippen LogP contribution in [0.15, 0.2) is 36.4 Å². The van der Waals surface area contributed by atoms with Gasteiger partial charge in [0, 0.05) is 16.8 Å². The standard InChI is InChI=1S/C16H13ClF2N2O3/c1-8(15(22)21-14-5-3-10(18)7-12(14)19)24-16(23)11-4-2-9(17)6-13(11)20/h2-8H,20H2,1H3,(H,21,22)/t8-/m1/s1. The quantitative estimate of drug-likeness (QED) is 0.651. The molecule has 2 aromatic carbocycles. The Balaban J connectivity index is 2.04. The zero-order valence-corrected chi connectivity index (χ0v) is 13.2. The lowest BCUT2D eigenvalue weighted by atomic mass is 10.2. The smallest absolute Gasteiger partial charge is 0.341 e. The highest BCUT2D eigenvalue weighted by Crippen LogP contribution is 2.20. The molecule has 3 N–H and O–H groups in total. The van der Waals surface area contributed by atoms with E-state index in [1.165, 1.54) is 25.1 Å². The lowest BCUT2D eigenvalue weighted by Crippen LogP contribution is -2.30. The van der Waals surface area contributed by atoms with Crippen LogP contribution in [0.2, 0.25) is 5.02 Å². The van der Waals surface area contributed by atoms with Gasteiger partial charge in [0.15, 0.2) is 6.10 Å². The Labute approximate surface area is 141 Å². The van der Waals surface area contributed by atoms with Gasteiger partial charge < -0.3 is 15.8 Å². The van der Waals surface area contributed by atoms with Crippen LogP contribution in [0.5, 0.6) is 0 Å². The van der Waals surface area contributed by atoms with Gasteiger partial charge in [-0.05, 0) is 37.3 Å². The topological polar surface area (TPSA) is 81.4 Å². The maximum Gasteiger partial charge on any atom is 0.341 e. The summed E-state index contributed by atoms with van der Waals surface area (Å²) in [5.41, 5.74) is 5.58. The minimum absolute atomic E-state index is 0.0482. The Hall–Kier alpha value is -2.67. The van der Waals surface area contributed by atoms with Crippen LogP contribution in [0.25, 0.3) is 0 Å². The largest absolute Gasteiger partial charge is 0.449 e. The van der Waals surface area contributed by atoms with E-state index >= 15 is 0 Å². The average molecular weight is 355 g/mol. The number of benzene rings is 2. The maximum atomic E-state index is 13.5. The fraction of sp³-hybridized carbons (Fsp3) is 0.125. The average Bonchev–Trinajstić information content (AvgIpc) is 2.49. The summed E-state index contributed by atoms with van der Waals surface area (Å²) >= 11 is 5.74. The minimum atomic E-state index is -1.22. The third-order valence-electron chi connectivity index (χ3n) is 3.08. The van der Waals surface area contributed by atoms with Crippen LogP contribution in [-0.2, 0) is 9.53 Å².